The topological polar surface area (TPSA) is 136 Å². The van der Waals surface area contributed by atoms with Crippen molar-refractivity contribution >= 4 is 17.7 Å². The van der Waals surface area contributed by atoms with Gasteiger partial charge in [0.05, 0.1) is 18.3 Å². The molecule has 1 unspecified atom stereocenters. The van der Waals surface area contributed by atoms with Gasteiger partial charge in [0.25, 0.3) is 5.62 Å². The van der Waals surface area contributed by atoms with Crippen LogP contribution in [0.2, 0.25) is 0 Å². The lowest BCUT2D eigenvalue weighted by Gasteiger charge is -2.14. The maximum Gasteiger partial charge on any atom is 0.326 e. The highest BCUT2D eigenvalue weighted by Gasteiger charge is 2.21. The van der Waals surface area contributed by atoms with Crippen LogP contribution in [0.25, 0.3) is 11.7 Å². The number of hydrogen-bond acceptors (Lipinski definition) is 7. The second-order valence-corrected chi connectivity index (χ2v) is 7.57. The van der Waals surface area contributed by atoms with Crippen LogP contribution in [0, 0.1) is 11.6 Å². The lowest BCUT2D eigenvalue weighted by molar-refractivity contribution is 0.454. The van der Waals surface area contributed by atoms with E-state index in [4.69, 9.17) is 0 Å². The SMILES string of the molecule is CC(Nc1nc(=NC2CC2)n2nc/c(=C\c3[nH]c(=O)[nH]c3O)c2n1)c1ccc(F)c(F)c1. The van der Waals surface area contributed by atoms with Gasteiger partial charge in [0, 0.05) is 5.22 Å². The molecule has 5 rings (SSSR count). The monoisotopic (exact) mass is 440 g/mol. The molecule has 0 amide bonds. The third-order valence-electron chi connectivity index (χ3n) is 5.05. The van der Waals surface area contributed by atoms with Gasteiger partial charge >= 0.3 is 5.69 Å². The van der Waals surface area contributed by atoms with Crippen molar-refractivity contribution in [2.75, 3.05) is 5.32 Å². The number of benzene rings is 1. The summed E-state index contributed by atoms with van der Waals surface area (Å²) in [5.74, 6) is -1.95. The number of imidazole rings is 1. The predicted octanol–water partition coefficient (Wildman–Crippen LogP) is 0.908. The fourth-order valence-electron chi connectivity index (χ4n) is 3.20. The third kappa shape index (κ3) is 3.82. The number of aromatic amines is 2. The van der Waals surface area contributed by atoms with Gasteiger partial charge in [-0.25, -0.2) is 18.6 Å². The van der Waals surface area contributed by atoms with Crippen molar-refractivity contribution < 1.29 is 13.9 Å². The van der Waals surface area contributed by atoms with Crippen LogP contribution in [-0.4, -0.2) is 40.7 Å². The summed E-state index contributed by atoms with van der Waals surface area (Å²) >= 11 is 0. The number of aromatic nitrogens is 6. The fourth-order valence-corrected chi connectivity index (χ4v) is 3.20. The molecular formula is C20H18F2N8O2. The summed E-state index contributed by atoms with van der Waals surface area (Å²) in [5.41, 5.74) is 0.869. The zero-order valence-electron chi connectivity index (χ0n) is 16.8. The normalized spacial score (nSPS) is 16.1. The summed E-state index contributed by atoms with van der Waals surface area (Å²) in [6.45, 7) is 1.77. The summed E-state index contributed by atoms with van der Waals surface area (Å²) in [7, 11) is 0. The Kier molecular flexibility index (Phi) is 4.68. The summed E-state index contributed by atoms with van der Waals surface area (Å²) in [6.07, 6.45) is 4.95. The number of nitrogens with one attached hydrogen (secondary N) is 3. The molecule has 0 aliphatic heterocycles. The molecule has 0 saturated heterocycles. The highest BCUT2D eigenvalue weighted by atomic mass is 19.2. The first-order valence-electron chi connectivity index (χ1n) is 9.91. The molecule has 1 aliphatic rings. The second kappa shape index (κ2) is 7.55. The van der Waals surface area contributed by atoms with E-state index >= 15 is 0 Å². The van der Waals surface area contributed by atoms with Crippen LogP contribution in [0.3, 0.4) is 0 Å². The minimum atomic E-state index is -0.940. The number of fused-ring (bicyclic) bond motifs is 1. The van der Waals surface area contributed by atoms with Crippen LogP contribution in [0.4, 0.5) is 14.7 Å². The molecule has 1 fully saturated rings. The summed E-state index contributed by atoms with van der Waals surface area (Å²) in [4.78, 5) is 29.7. The molecule has 3 aromatic heterocycles. The van der Waals surface area contributed by atoms with Crippen molar-refractivity contribution in [1.82, 2.24) is 29.5 Å². The first-order chi connectivity index (χ1) is 15.4. The van der Waals surface area contributed by atoms with E-state index in [0.29, 0.717) is 22.0 Å². The minimum Gasteiger partial charge on any atom is -0.493 e. The molecule has 4 N–H and O–H groups in total. The average molecular weight is 440 g/mol. The zero-order chi connectivity index (χ0) is 22.4. The maximum absolute atomic E-state index is 13.6. The Labute approximate surface area is 178 Å². The number of rotatable bonds is 5. The molecule has 1 atom stereocenters. The van der Waals surface area contributed by atoms with E-state index < -0.39 is 23.4 Å². The van der Waals surface area contributed by atoms with Gasteiger partial charge in [-0.2, -0.15) is 19.6 Å². The highest BCUT2D eigenvalue weighted by Crippen LogP contribution is 2.22. The lowest BCUT2D eigenvalue weighted by Crippen LogP contribution is -2.25. The van der Waals surface area contributed by atoms with E-state index in [-0.39, 0.29) is 23.6 Å². The first kappa shape index (κ1) is 19.8. The molecule has 0 bridgehead atoms. The van der Waals surface area contributed by atoms with Gasteiger partial charge in [-0.15, -0.1) is 0 Å². The van der Waals surface area contributed by atoms with Gasteiger partial charge in [0.2, 0.25) is 11.8 Å². The van der Waals surface area contributed by atoms with Crippen LogP contribution >= 0.6 is 0 Å². The Morgan fingerprint density at radius 3 is 2.78 bits per heavy atom. The van der Waals surface area contributed by atoms with Gasteiger partial charge in [0.15, 0.2) is 17.3 Å². The number of aromatic hydroxyl groups is 1. The first-order valence-corrected chi connectivity index (χ1v) is 9.91. The van der Waals surface area contributed by atoms with E-state index in [1.807, 2.05) is 0 Å². The summed E-state index contributed by atoms with van der Waals surface area (Å²) < 4.78 is 28.4. The molecule has 12 heteroatoms. The van der Waals surface area contributed by atoms with Crippen molar-refractivity contribution in [1.29, 1.82) is 0 Å². The molecule has 1 saturated carbocycles. The van der Waals surface area contributed by atoms with Crippen LogP contribution in [0.15, 0.2) is 34.2 Å². The molecule has 10 nitrogen and oxygen atoms in total. The number of nitrogens with zero attached hydrogens (tertiary/aromatic N) is 5. The van der Waals surface area contributed by atoms with Crippen molar-refractivity contribution in [3.05, 3.63) is 68.6 Å². The van der Waals surface area contributed by atoms with E-state index in [1.165, 1.54) is 22.9 Å². The highest BCUT2D eigenvalue weighted by molar-refractivity contribution is 5.57. The second-order valence-electron chi connectivity index (χ2n) is 7.57. The Bertz CT molecular complexity index is 1500. The van der Waals surface area contributed by atoms with E-state index in [1.54, 1.807) is 6.92 Å². The Balaban J connectivity index is 1.60. The molecule has 4 aromatic rings. The van der Waals surface area contributed by atoms with E-state index in [9.17, 15) is 18.7 Å². The van der Waals surface area contributed by atoms with Gasteiger partial charge in [-0.1, -0.05) is 6.07 Å². The summed E-state index contributed by atoms with van der Waals surface area (Å²) in [6, 6.07) is 3.39. The molecule has 3 heterocycles. The smallest absolute Gasteiger partial charge is 0.326 e. The predicted molar refractivity (Wildman–Crippen MR) is 110 cm³/mol. The molecule has 164 valence electrons. The van der Waals surface area contributed by atoms with Crippen LogP contribution in [-0.2, 0) is 0 Å². The fraction of sp³-hybridized carbons (Fsp3) is 0.250. The Morgan fingerprint density at radius 2 is 2.09 bits per heavy atom. The molecule has 1 aliphatic carbocycles. The van der Waals surface area contributed by atoms with Crippen molar-refractivity contribution in [2.24, 2.45) is 4.99 Å². The maximum atomic E-state index is 13.6. The van der Waals surface area contributed by atoms with Gasteiger partial charge in [-0.05, 0) is 43.5 Å². The van der Waals surface area contributed by atoms with Crippen LogP contribution in [0.1, 0.15) is 37.1 Å². The Hall–Kier alpha value is -4.09. The number of halogens is 2. The average Bonchev–Trinajstić information content (AvgIpc) is 3.38. The van der Waals surface area contributed by atoms with Crippen LogP contribution in [0.5, 0.6) is 5.88 Å². The van der Waals surface area contributed by atoms with Crippen molar-refractivity contribution in [3.8, 4) is 5.88 Å². The quantitative estimate of drug-likeness (QED) is 0.364. The summed E-state index contributed by atoms with van der Waals surface area (Å²) in [5, 5.41) is 17.8. The third-order valence-corrected chi connectivity index (χ3v) is 5.05. The van der Waals surface area contributed by atoms with Crippen molar-refractivity contribution in [3.63, 3.8) is 0 Å². The van der Waals surface area contributed by atoms with Gasteiger partial charge in [-0.3, -0.25) is 4.98 Å². The van der Waals surface area contributed by atoms with Crippen molar-refractivity contribution in [2.45, 2.75) is 31.8 Å². The van der Waals surface area contributed by atoms with Crippen LogP contribution < -0.4 is 21.8 Å². The lowest BCUT2D eigenvalue weighted by atomic mass is 10.1. The molecule has 0 spiro atoms. The zero-order valence-corrected chi connectivity index (χ0v) is 16.8. The largest absolute Gasteiger partial charge is 0.493 e. The Morgan fingerprint density at radius 1 is 1.28 bits per heavy atom. The molecule has 32 heavy (non-hydrogen) atoms. The minimum absolute atomic E-state index is 0.159. The molecular weight excluding hydrogens is 422 g/mol. The van der Waals surface area contributed by atoms with Gasteiger partial charge < -0.3 is 15.4 Å². The standard InChI is InChI=1S/C20H18F2N8O2/c1-9(10-2-5-13(21)14(22)6-10)24-18-27-16-11(7-15-17(31)28-20(32)26-15)8-23-30(16)19(29-18)25-12-3-4-12/h2,5-9,12,31H,3-4H2,1H3,(H,24,25,29)(H2,26,28,32)/b11-7+. The van der Waals surface area contributed by atoms with Gasteiger partial charge in [0.1, 0.15) is 5.69 Å². The number of anilines is 1. The number of hydrogen-bond donors (Lipinski definition) is 4. The van der Waals surface area contributed by atoms with E-state index in [2.05, 4.69) is 35.3 Å². The molecule has 0 radical (unpaired) electrons. The number of H-pyrrole nitrogens is 2. The molecule has 1 aromatic carbocycles. The van der Waals surface area contributed by atoms with E-state index in [0.717, 1.165) is 25.0 Å².